The summed E-state index contributed by atoms with van der Waals surface area (Å²) in [5.74, 6) is 0.792. The van der Waals surface area contributed by atoms with E-state index in [1.165, 1.54) is 19.3 Å². The Labute approximate surface area is 91.5 Å². The van der Waals surface area contributed by atoms with Crippen molar-refractivity contribution < 1.29 is 4.79 Å². The maximum Gasteiger partial charge on any atom is 0.140 e. The highest BCUT2D eigenvalue weighted by Crippen LogP contribution is 2.25. The molecule has 0 amide bonds. The van der Waals surface area contributed by atoms with Crippen LogP contribution in [0.2, 0.25) is 0 Å². The summed E-state index contributed by atoms with van der Waals surface area (Å²) in [6.45, 7) is 0. The molecule has 0 aliphatic heterocycles. The molecule has 0 unspecified atom stereocenters. The summed E-state index contributed by atoms with van der Waals surface area (Å²) in [6.07, 6.45) is 6.66. The molecular formula is C14H18O. The predicted molar refractivity (Wildman–Crippen MR) is 61.7 cm³/mol. The van der Waals surface area contributed by atoms with Gasteiger partial charge in [0.05, 0.1) is 0 Å². The maximum atomic E-state index is 12.0. The Morgan fingerprint density at radius 3 is 2.40 bits per heavy atom. The van der Waals surface area contributed by atoms with E-state index in [9.17, 15) is 4.79 Å². The Bertz CT molecular complexity index is 309. The van der Waals surface area contributed by atoms with Crippen LogP contribution in [0.1, 0.15) is 37.7 Å². The topological polar surface area (TPSA) is 17.1 Å². The third-order valence-electron chi connectivity index (χ3n) is 3.28. The Hall–Kier alpha value is -1.11. The first-order chi connectivity index (χ1) is 7.36. The zero-order valence-corrected chi connectivity index (χ0v) is 9.11. The van der Waals surface area contributed by atoms with E-state index >= 15 is 0 Å². The number of hydrogen-bond acceptors (Lipinski definition) is 1. The zero-order chi connectivity index (χ0) is 10.5. The smallest absolute Gasteiger partial charge is 0.140 e. The molecule has 1 saturated carbocycles. The third-order valence-corrected chi connectivity index (χ3v) is 3.28. The molecule has 0 radical (unpaired) electrons. The Balaban J connectivity index is 1.91. The highest BCUT2D eigenvalue weighted by molar-refractivity contribution is 5.83. The molecule has 1 heteroatoms. The van der Waals surface area contributed by atoms with E-state index in [0.717, 1.165) is 18.4 Å². The predicted octanol–water partition coefficient (Wildman–Crippen LogP) is 3.38. The van der Waals surface area contributed by atoms with Crippen LogP contribution in [0, 0.1) is 5.92 Å². The summed E-state index contributed by atoms with van der Waals surface area (Å²) in [6, 6.07) is 10.1. The van der Waals surface area contributed by atoms with Gasteiger partial charge in [-0.1, -0.05) is 49.6 Å². The third kappa shape index (κ3) is 2.92. The van der Waals surface area contributed by atoms with Crippen molar-refractivity contribution in [2.24, 2.45) is 5.92 Å². The van der Waals surface area contributed by atoms with Crippen LogP contribution in [0.3, 0.4) is 0 Å². The fraction of sp³-hybridized carbons (Fsp3) is 0.500. The highest BCUT2D eigenvalue weighted by atomic mass is 16.1. The zero-order valence-electron chi connectivity index (χ0n) is 9.11. The molecule has 0 saturated heterocycles. The molecule has 1 nitrogen and oxygen atoms in total. The molecule has 15 heavy (non-hydrogen) atoms. The first-order valence-corrected chi connectivity index (χ1v) is 5.93. The molecule has 1 aromatic rings. The van der Waals surface area contributed by atoms with Gasteiger partial charge in [0.1, 0.15) is 5.78 Å². The van der Waals surface area contributed by atoms with Gasteiger partial charge in [0.25, 0.3) is 0 Å². The van der Waals surface area contributed by atoms with Crippen molar-refractivity contribution in [2.45, 2.75) is 38.5 Å². The van der Waals surface area contributed by atoms with Crippen molar-refractivity contribution in [1.82, 2.24) is 0 Å². The van der Waals surface area contributed by atoms with Crippen LogP contribution in [0.4, 0.5) is 0 Å². The lowest BCUT2D eigenvalue weighted by atomic mass is 9.84. The molecule has 0 aromatic heterocycles. The number of rotatable bonds is 3. The summed E-state index contributed by atoms with van der Waals surface area (Å²) in [5, 5.41) is 0. The largest absolute Gasteiger partial charge is 0.299 e. The van der Waals surface area contributed by atoms with Crippen LogP contribution >= 0.6 is 0 Å². The van der Waals surface area contributed by atoms with Gasteiger partial charge in [-0.15, -0.1) is 0 Å². The van der Waals surface area contributed by atoms with Gasteiger partial charge in [-0.05, 0) is 18.4 Å². The number of hydrogen-bond donors (Lipinski definition) is 0. The van der Waals surface area contributed by atoms with Crippen molar-refractivity contribution >= 4 is 5.78 Å². The molecule has 0 bridgehead atoms. The van der Waals surface area contributed by atoms with Crippen molar-refractivity contribution in [3.63, 3.8) is 0 Å². The van der Waals surface area contributed by atoms with Gasteiger partial charge >= 0.3 is 0 Å². The highest BCUT2D eigenvalue weighted by Gasteiger charge is 2.20. The van der Waals surface area contributed by atoms with E-state index in [-0.39, 0.29) is 0 Å². The SMILES string of the molecule is O=C(Cc1ccccc1)C1CCCCC1. The lowest BCUT2D eigenvalue weighted by Gasteiger charge is -2.20. The molecule has 1 fully saturated rings. The average Bonchev–Trinajstić information content (AvgIpc) is 2.31. The van der Waals surface area contributed by atoms with E-state index in [1.807, 2.05) is 30.3 Å². The van der Waals surface area contributed by atoms with Crippen LogP contribution in [0.15, 0.2) is 30.3 Å². The number of Topliss-reactive ketones (excluding diaryl/α,β-unsaturated/α-hetero) is 1. The first kappa shape index (κ1) is 10.4. The van der Waals surface area contributed by atoms with Crippen LogP contribution in [-0.2, 0) is 11.2 Å². The van der Waals surface area contributed by atoms with Crippen LogP contribution < -0.4 is 0 Å². The second-order valence-corrected chi connectivity index (χ2v) is 4.46. The average molecular weight is 202 g/mol. The minimum absolute atomic E-state index is 0.346. The number of carbonyl (C=O) groups excluding carboxylic acids is 1. The summed E-state index contributed by atoms with van der Waals surface area (Å²) in [4.78, 5) is 12.0. The summed E-state index contributed by atoms with van der Waals surface area (Å²) < 4.78 is 0. The summed E-state index contributed by atoms with van der Waals surface area (Å²) >= 11 is 0. The molecule has 1 aliphatic carbocycles. The summed E-state index contributed by atoms with van der Waals surface area (Å²) in [5.41, 5.74) is 1.16. The Morgan fingerprint density at radius 2 is 1.73 bits per heavy atom. The minimum Gasteiger partial charge on any atom is -0.299 e. The monoisotopic (exact) mass is 202 g/mol. The Kier molecular flexibility index (Phi) is 3.54. The van der Waals surface area contributed by atoms with Crippen LogP contribution in [-0.4, -0.2) is 5.78 Å². The fourth-order valence-corrected chi connectivity index (χ4v) is 2.37. The van der Waals surface area contributed by atoms with E-state index in [4.69, 9.17) is 0 Å². The standard InChI is InChI=1S/C14H18O/c15-14(13-9-5-2-6-10-13)11-12-7-3-1-4-8-12/h1,3-4,7-8,13H,2,5-6,9-11H2. The van der Waals surface area contributed by atoms with Crippen molar-refractivity contribution in [3.8, 4) is 0 Å². The van der Waals surface area contributed by atoms with Crippen molar-refractivity contribution in [3.05, 3.63) is 35.9 Å². The van der Waals surface area contributed by atoms with Gasteiger partial charge in [-0.2, -0.15) is 0 Å². The quantitative estimate of drug-likeness (QED) is 0.734. The van der Waals surface area contributed by atoms with Gasteiger partial charge in [-0.3, -0.25) is 4.79 Å². The van der Waals surface area contributed by atoms with Gasteiger partial charge in [-0.25, -0.2) is 0 Å². The normalized spacial score (nSPS) is 17.6. The van der Waals surface area contributed by atoms with Gasteiger partial charge in [0.15, 0.2) is 0 Å². The number of carbonyl (C=O) groups is 1. The number of ketones is 1. The molecule has 80 valence electrons. The van der Waals surface area contributed by atoms with E-state index in [0.29, 0.717) is 18.1 Å². The molecular weight excluding hydrogens is 184 g/mol. The molecule has 0 spiro atoms. The molecule has 0 atom stereocenters. The van der Waals surface area contributed by atoms with Crippen LogP contribution in [0.25, 0.3) is 0 Å². The molecule has 0 heterocycles. The number of benzene rings is 1. The fourth-order valence-electron chi connectivity index (χ4n) is 2.37. The lowest BCUT2D eigenvalue weighted by molar-refractivity contribution is -0.123. The van der Waals surface area contributed by atoms with Gasteiger partial charge in [0, 0.05) is 12.3 Å². The van der Waals surface area contributed by atoms with Crippen LogP contribution in [0.5, 0.6) is 0 Å². The molecule has 2 rings (SSSR count). The molecule has 1 aliphatic rings. The minimum atomic E-state index is 0.346. The first-order valence-electron chi connectivity index (χ1n) is 5.93. The Morgan fingerprint density at radius 1 is 1.07 bits per heavy atom. The summed E-state index contributed by atoms with van der Waals surface area (Å²) in [7, 11) is 0. The van der Waals surface area contributed by atoms with Crippen molar-refractivity contribution in [1.29, 1.82) is 0 Å². The van der Waals surface area contributed by atoms with Gasteiger partial charge < -0.3 is 0 Å². The van der Waals surface area contributed by atoms with Gasteiger partial charge in [0.2, 0.25) is 0 Å². The van der Waals surface area contributed by atoms with E-state index in [1.54, 1.807) is 0 Å². The second-order valence-electron chi connectivity index (χ2n) is 4.46. The molecule has 1 aromatic carbocycles. The second kappa shape index (κ2) is 5.11. The lowest BCUT2D eigenvalue weighted by Crippen LogP contribution is -2.19. The maximum absolute atomic E-state index is 12.0. The molecule has 0 N–H and O–H groups in total. The van der Waals surface area contributed by atoms with E-state index in [2.05, 4.69) is 0 Å². The van der Waals surface area contributed by atoms with E-state index < -0.39 is 0 Å². The van der Waals surface area contributed by atoms with Crippen molar-refractivity contribution in [2.75, 3.05) is 0 Å².